The maximum absolute atomic E-state index is 12.5. The van der Waals surface area contributed by atoms with E-state index in [0.29, 0.717) is 19.0 Å². The molecule has 6 heteroatoms. The van der Waals surface area contributed by atoms with Crippen molar-refractivity contribution in [2.24, 2.45) is 5.92 Å². The number of carbonyl (C=O) groups excluding carboxylic acids is 2. The second-order valence-electron chi connectivity index (χ2n) is 6.18. The van der Waals surface area contributed by atoms with Crippen LogP contribution in [0.3, 0.4) is 0 Å². The highest BCUT2D eigenvalue weighted by molar-refractivity contribution is 5.97. The molecule has 23 heavy (non-hydrogen) atoms. The molecule has 1 saturated carbocycles. The molecule has 3 amide bonds. The molecule has 124 valence electrons. The van der Waals surface area contributed by atoms with Crippen LogP contribution in [0, 0.1) is 5.92 Å². The minimum Gasteiger partial charge on any atom is -0.497 e. The predicted octanol–water partition coefficient (Wildman–Crippen LogP) is 1.85. The third-order valence-corrected chi connectivity index (χ3v) is 4.66. The van der Waals surface area contributed by atoms with E-state index in [1.54, 1.807) is 7.11 Å². The van der Waals surface area contributed by atoms with Crippen LogP contribution in [0.25, 0.3) is 0 Å². The standard InChI is InChI=1S/C17H23N3O3/c1-12(13-3-4-13)20(14-5-7-15(23-2)8-6-14)11-16(21)19-10-9-18-17(19)22/h5-8,12-13H,3-4,9-11H2,1-2H3,(H,18,22)/t12-/m0/s1. The van der Waals surface area contributed by atoms with Gasteiger partial charge in [-0.1, -0.05) is 0 Å². The normalized spacial score (nSPS) is 18.5. The van der Waals surface area contributed by atoms with Crippen molar-refractivity contribution in [2.45, 2.75) is 25.8 Å². The van der Waals surface area contributed by atoms with Gasteiger partial charge in [0, 0.05) is 24.8 Å². The molecular formula is C17H23N3O3. The number of amides is 3. The van der Waals surface area contributed by atoms with Gasteiger partial charge in [-0.05, 0) is 49.9 Å². The summed E-state index contributed by atoms with van der Waals surface area (Å²) in [6.45, 7) is 3.36. The molecule has 0 bridgehead atoms. The molecule has 1 aliphatic heterocycles. The predicted molar refractivity (Wildman–Crippen MR) is 87.6 cm³/mol. The molecule has 1 aromatic carbocycles. The molecule has 1 N–H and O–H groups in total. The number of nitrogens with one attached hydrogen (secondary N) is 1. The summed E-state index contributed by atoms with van der Waals surface area (Å²) in [5.74, 6) is 1.26. The zero-order valence-corrected chi connectivity index (χ0v) is 13.6. The summed E-state index contributed by atoms with van der Waals surface area (Å²) in [5.41, 5.74) is 0.984. The van der Waals surface area contributed by atoms with Gasteiger partial charge in [0.1, 0.15) is 5.75 Å². The van der Waals surface area contributed by atoms with Crippen LogP contribution in [0.1, 0.15) is 19.8 Å². The Morgan fingerprint density at radius 3 is 2.61 bits per heavy atom. The van der Waals surface area contributed by atoms with E-state index in [0.717, 1.165) is 11.4 Å². The number of benzene rings is 1. The number of carbonyl (C=O) groups is 2. The van der Waals surface area contributed by atoms with Crippen molar-refractivity contribution in [3.05, 3.63) is 24.3 Å². The molecule has 1 heterocycles. The highest BCUT2D eigenvalue weighted by Gasteiger charge is 2.35. The fraction of sp³-hybridized carbons (Fsp3) is 0.529. The molecule has 1 aliphatic carbocycles. The van der Waals surface area contributed by atoms with Gasteiger partial charge in [0.05, 0.1) is 13.7 Å². The topological polar surface area (TPSA) is 61.9 Å². The van der Waals surface area contributed by atoms with E-state index in [1.807, 2.05) is 24.3 Å². The molecule has 3 rings (SSSR count). The Morgan fingerprint density at radius 1 is 1.39 bits per heavy atom. The minimum atomic E-state index is -0.288. The van der Waals surface area contributed by atoms with Crippen LogP contribution in [0.15, 0.2) is 24.3 Å². The second-order valence-corrected chi connectivity index (χ2v) is 6.18. The van der Waals surface area contributed by atoms with Gasteiger partial charge >= 0.3 is 6.03 Å². The van der Waals surface area contributed by atoms with Crippen molar-refractivity contribution in [1.29, 1.82) is 0 Å². The van der Waals surface area contributed by atoms with Gasteiger partial charge in [0.25, 0.3) is 0 Å². The van der Waals surface area contributed by atoms with Gasteiger partial charge < -0.3 is 15.0 Å². The van der Waals surface area contributed by atoms with E-state index in [4.69, 9.17) is 4.74 Å². The fourth-order valence-corrected chi connectivity index (χ4v) is 3.02. The van der Waals surface area contributed by atoms with Gasteiger partial charge in [0.2, 0.25) is 5.91 Å². The quantitative estimate of drug-likeness (QED) is 0.870. The number of ether oxygens (including phenoxy) is 1. The van der Waals surface area contributed by atoms with Crippen LogP contribution in [0.5, 0.6) is 5.75 Å². The Hall–Kier alpha value is -2.24. The molecular weight excluding hydrogens is 294 g/mol. The molecule has 0 radical (unpaired) electrons. The van der Waals surface area contributed by atoms with Crippen molar-refractivity contribution in [3.8, 4) is 5.75 Å². The molecule has 1 aromatic rings. The SMILES string of the molecule is COc1ccc(N(CC(=O)N2CCNC2=O)[C@@H](C)C2CC2)cc1. The van der Waals surface area contributed by atoms with Crippen molar-refractivity contribution >= 4 is 17.6 Å². The molecule has 6 nitrogen and oxygen atoms in total. The number of imide groups is 1. The van der Waals surface area contributed by atoms with Crippen LogP contribution < -0.4 is 15.0 Å². The third-order valence-electron chi connectivity index (χ3n) is 4.66. The van der Waals surface area contributed by atoms with Gasteiger partial charge in [0.15, 0.2) is 0 Å². The fourth-order valence-electron chi connectivity index (χ4n) is 3.02. The van der Waals surface area contributed by atoms with Crippen LogP contribution in [-0.2, 0) is 4.79 Å². The van der Waals surface area contributed by atoms with E-state index < -0.39 is 0 Å². The number of rotatable bonds is 6. The summed E-state index contributed by atoms with van der Waals surface area (Å²) in [4.78, 5) is 27.6. The van der Waals surface area contributed by atoms with E-state index in [2.05, 4.69) is 17.1 Å². The lowest BCUT2D eigenvalue weighted by molar-refractivity contribution is -0.126. The first-order chi connectivity index (χ1) is 11.1. The Balaban J connectivity index is 1.77. The Bertz CT molecular complexity index is 583. The number of hydrogen-bond acceptors (Lipinski definition) is 4. The summed E-state index contributed by atoms with van der Waals surface area (Å²) in [6, 6.07) is 7.72. The Labute approximate surface area is 136 Å². The van der Waals surface area contributed by atoms with E-state index in [1.165, 1.54) is 17.7 Å². The summed E-state index contributed by atoms with van der Waals surface area (Å²) in [5, 5.41) is 2.67. The number of hydrogen-bond donors (Lipinski definition) is 1. The third kappa shape index (κ3) is 3.41. The molecule has 0 unspecified atom stereocenters. The van der Waals surface area contributed by atoms with Crippen LogP contribution >= 0.6 is 0 Å². The number of urea groups is 1. The van der Waals surface area contributed by atoms with Gasteiger partial charge in [-0.2, -0.15) is 0 Å². The molecule has 0 spiro atoms. The van der Waals surface area contributed by atoms with Crippen molar-refractivity contribution in [1.82, 2.24) is 10.2 Å². The summed E-state index contributed by atoms with van der Waals surface area (Å²) in [7, 11) is 1.63. The summed E-state index contributed by atoms with van der Waals surface area (Å²) in [6.07, 6.45) is 2.40. The Morgan fingerprint density at radius 2 is 2.09 bits per heavy atom. The van der Waals surface area contributed by atoms with Crippen molar-refractivity contribution < 1.29 is 14.3 Å². The molecule has 1 atom stereocenters. The minimum absolute atomic E-state index is 0.150. The largest absolute Gasteiger partial charge is 0.497 e. The van der Waals surface area contributed by atoms with Crippen LogP contribution in [0.2, 0.25) is 0 Å². The van der Waals surface area contributed by atoms with Crippen LogP contribution in [0.4, 0.5) is 10.5 Å². The maximum Gasteiger partial charge on any atom is 0.324 e. The van der Waals surface area contributed by atoms with E-state index >= 15 is 0 Å². The first-order valence-electron chi connectivity index (χ1n) is 8.09. The molecule has 1 saturated heterocycles. The van der Waals surface area contributed by atoms with Gasteiger partial charge in [-0.15, -0.1) is 0 Å². The average Bonchev–Trinajstić information content (AvgIpc) is 3.33. The highest BCUT2D eigenvalue weighted by Crippen LogP contribution is 2.37. The zero-order valence-electron chi connectivity index (χ0n) is 13.6. The van der Waals surface area contributed by atoms with Crippen molar-refractivity contribution in [3.63, 3.8) is 0 Å². The van der Waals surface area contributed by atoms with Crippen LogP contribution in [-0.4, -0.2) is 49.6 Å². The molecule has 2 fully saturated rings. The number of nitrogens with zero attached hydrogens (tertiary/aromatic N) is 2. The molecule has 0 aromatic heterocycles. The molecule has 2 aliphatic rings. The first kappa shape index (κ1) is 15.6. The van der Waals surface area contributed by atoms with E-state index in [9.17, 15) is 9.59 Å². The lowest BCUT2D eigenvalue weighted by Crippen LogP contribution is -2.45. The van der Waals surface area contributed by atoms with Crippen molar-refractivity contribution in [2.75, 3.05) is 31.6 Å². The first-order valence-corrected chi connectivity index (χ1v) is 8.09. The summed E-state index contributed by atoms with van der Waals surface area (Å²) < 4.78 is 5.20. The number of methoxy groups -OCH3 is 1. The average molecular weight is 317 g/mol. The second kappa shape index (κ2) is 6.48. The lowest BCUT2D eigenvalue weighted by Gasteiger charge is -2.32. The monoisotopic (exact) mass is 317 g/mol. The number of anilines is 1. The maximum atomic E-state index is 12.5. The summed E-state index contributed by atoms with van der Waals surface area (Å²) >= 11 is 0. The zero-order chi connectivity index (χ0) is 16.4. The Kier molecular flexibility index (Phi) is 4.41. The highest BCUT2D eigenvalue weighted by atomic mass is 16.5. The van der Waals surface area contributed by atoms with Gasteiger partial charge in [-0.25, -0.2) is 4.79 Å². The van der Waals surface area contributed by atoms with Gasteiger partial charge in [-0.3, -0.25) is 9.69 Å². The van der Waals surface area contributed by atoms with E-state index in [-0.39, 0.29) is 24.5 Å². The smallest absolute Gasteiger partial charge is 0.324 e. The lowest BCUT2D eigenvalue weighted by atomic mass is 10.1.